The van der Waals surface area contributed by atoms with Crippen molar-refractivity contribution in [3.05, 3.63) is 17.8 Å². The van der Waals surface area contributed by atoms with Gasteiger partial charge in [-0.25, -0.2) is 9.78 Å². The van der Waals surface area contributed by atoms with Gasteiger partial charge in [-0.05, 0) is 61.5 Å². The van der Waals surface area contributed by atoms with Crippen LogP contribution in [0.3, 0.4) is 0 Å². The molecule has 0 spiro atoms. The van der Waals surface area contributed by atoms with Crippen molar-refractivity contribution >= 4 is 30.3 Å². The number of anilines is 1. The first-order valence-corrected chi connectivity index (χ1v) is 8.58. The van der Waals surface area contributed by atoms with E-state index in [1.165, 1.54) is 13.1 Å². The fraction of sp³-hybridized carbons (Fsp3) is 0.611. The van der Waals surface area contributed by atoms with Crippen LogP contribution in [0.4, 0.5) is 10.6 Å². The zero-order chi connectivity index (χ0) is 19.9. The molecule has 0 aromatic carbocycles. The molecule has 8 heteroatoms. The highest BCUT2D eigenvalue weighted by Crippen LogP contribution is 2.36. The van der Waals surface area contributed by atoms with Gasteiger partial charge >= 0.3 is 13.2 Å². The summed E-state index contributed by atoms with van der Waals surface area (Å²) in [5.41, 5.74) is -0.766. The third kappa shape index (κ3) is 4.42. The van der Waals surface area contributed by atoms with Crippen molar-refractivity contribution in [2.45, 2.75) is 72.2 Å². The molecule has 1 aliphatic rings. The SMILES string of the molecule is CC(=O)c1cc(B2OC(C)(C)C(C)(C)O2)cnc1NC(=O)OC(C)(C)C. The van der Waals surface area contributed by atoms with E-state index in [0.29, 0.717) is 5.46 Å². The molecule has 0 bridgehead atoms. The van der Waals surface area contributed by atoms with E-state index in [1.54, 1.807) is 26.8 Å². The number of hydrogen-bond acceptors (Lipinski definition) is 6. The van der Waals surface area contributed by atoms with Crippen molar-refractivity contribution < 1.29 is 23.6 Å². The Morgan fingerprint density at radius 1 is 1.15 bits per heavy atom. The van der Waals surface area contributed by atoms with E-state index in [-0.39, 0.29) is 17.2 Å². The number of ketones is 1. The zero-order valence-corrected chi connectivity index (χ0v) is 16.7. The van der Waals surface area contributed by atoms with Crippen LogP contribution in [-0.2, 0) is 14.0 Å². The molecule has 2 rings (SSSR count). The number of carbonyl (C=O) groups excluding carboxylic acids is 2. The summed E-state index contributed by atoms with van der Waals surface area (Å²) in [7, 11) is -0.638. The number of carbonyl (C=O) groups is 2. The Morgan fingerprint density at radius 2 is 1.69 bits per heavy atom. The van der Waals surface area contributed by atoms with E-state index in [2.05, 4.69) is 10.3 Å². The van der Waals surface area contributed by atoms with E-state index >= 15 is 0 Å². The van der Waals surface area contributed by atoms with Crippen LogP contribution < -0.4 is 10.8 Å². The predicted molar refractivity (Wildman–Crippen MR) is 99.8 cm³/mol. The molecule has 1 aromatic rings. The highest BCUT2D eigenvalue weighted by Gasteiger charge is 2.52. The Hall–Kier alpha value is -1.93. The summed E-state index contributed by atoms with van der Waals surface area (Å²) in [4.78, 5) is 28.2. The van der Waals surface area contributed by atoms with Gasteiger partial charge in [-0.1, -0.05) is 0 Å². The van der Waals surface area contributed by atoms with Gasteiger partial charge in [0.15, 0.2) is 5.78 Å². The predicted octanol–water partition coefficient (Wildman–Crippen LogP) is 2.93. The lowest BCUT2D eigenvalue weighted by Crippen LogP contribution is -2.41. The second-order valence-corrected chi connectivity index (χ2v) is 8.44. The molecule has 1 aliphatic heterocycles. The summed E-state index contributed by atoms with van der Waals surface area (Å²) < 4.78 is 17.2. The molecule has 1 amide bonds. The van der Waals surface area contributed by atoms with Gasteiger partial charge in [0.2, 0.25) is 0 Å². The molecule has 7 nitrogen and oxygen atoms in total. The summed E-state index contributed by atoms with van der Waals surface area (Å²) >= 11 is 0. The monoisotopic (exact) mass is 362 g/mol. The van der Waals surface area contributed by atoms with Crippen molar-refractivity contribution in [3.63, 3.8) is 0 Å². The highest BCUT2D eigenvalue weighted by atomic mass is 16.7. The lowest BCUT2D eigenvalue weighted by atomic mass is 9.79. The largest absolute Gasteiger partial charge is 0.496 e. The van der Waals surface area contributed by atoms with E-state index in [4.69, 9.17) is 14.0 Å². The summed E-state index contributed by atoms with van der Waals surface area (Å²) in [6, 6.07) is 1.63. The Bertz CT molecular complexity index is 709. The topological polar surface area (TPSA) is 86.8 Å². The molecule has 0 unspecified atom stereocenters. The van der Waals surface area contributed by atoms with Crippen molar-refractivity contribution in [1.82, 2.24) is 4.98 Å². The van der Waals surface area contributed by atoms with E-state index in [9.17, 15) is 9.59 Å². The molecule has 1 fully saturated rings. The summed E-state index contributed by atoms with van der Waals surface area (Å²) in [5, 5.41) is 2.52. The summed E-state index contributed by atoms with van der Waals surface area (Å²) in [6.07, 6.45) is 0.859. The third-order valence-corrected chi connectivity index (χ3v) is 4.43. The number of Topliss-reactive ketones (excluding diaryl/α,β-unsaturated/α-hetero) is 1. The fourth-order valence-electron chi connectivity index (χ4n) is 2.36. The molecule has 0 saturated carbocycles. The maximum atomic E-state index is 12.0. The number of aromatic nitrogens is 1. The minimum Gasteiger partial charge on any atom is -0.444 e. The molecule has 2 heterocycles. The first-order chi connectivity index (χ1) is 11.7. The molecule has 1 N–H and O–H groups in total. The van der Waals surface area contributed by atoms with Crippen molar-refractivity contribution in [1.29, 1.82) is 0 Å². The number of hydrogen-bond donors (Lipinski definition) is 1. The van der Waals surface area contributed by atoms with Crippen molar-refractivity contribution in [2.75, 3.05) is 5.32 Å². The Balaban J connectivity index is 2.27. The average molecular weight is 362 g/mol. The first kappa shape index (κ1) is 20.4. The number of ether oxygens (including phenoxy) is 1. The van der Waals surface area contributed by atoms with Gasteiger partial charge < -0.3 is 14.0 Å². The summed E-state index contributed by atoms with van der Waals surface area (Å²) in [5.74, 6) is -0.0889. The van der Waals surface area contributed by atoms with E-state index in [1.807, 2.05) is 27.7 Å². The van der Waals surface area contributed by atoms with Gasteiger partial charge in [-0.2, -0.15) is 0 Å². The standard InChI is InChI=1S/C18H27BN2O5/c1-11(22)13-9-12(19-25-17(5,6)18(7,8)26-19)10-20-14(13)21-15(23)24-16(2,3)4/h9-10H,1-8H3,(H,20,21,23). The Labute approximate surface area is 154 Å². The van der Waals surface area contributed by atoms with Crippen LogP contribution in [0.15, 0.2) is 12.3 Å². The van der Waals surface area contributed by atoms with Crippen LogP contribution >= 0.6 is 0 Å². The van der Waals surface area contributed by atoms with Crippen LogP contribution in [0.5, 0.6) is 0 Å². The van der Waals surface area contributed by atoms with Crippen LogP contribution in [-0.4, -0.2) is 40.8 Å². The zero-order valence-electron chi connectivity index (χ0n) is 16.7. The normalized spacial score (nSPS) is 18.5. The molecular weight excluding hydrogens is 335 g/mol. The van der Waals surface area contributed by atoms with Crippen LogP contribution in [0.2, 0.25) is 0 Å². The van der Waals surface area contributed by atoms with Crippen molar-refractivity contribution in [2.24, 2.45) is 0 Å². The minimum absolute atomic E-state index is 0.145. The van der Waals surface area contributed by atoms with Gasteiger partial charge in [-0.15, -0.1) is 0 Å². The van der Waals surface area contributed by atoms with Gasteiger partial charge in [0, 0.05) is 11.7 Å². The minimum atomic E-state index is -0.670. The van der Waals surface area contributed by atoms with Gasteiger partial charge in [0.25, 0.3) is 0 Å². The number of amides is 1. The lowest BCUT2D eigenvalue weighted by Gasteiger charge is -2.32. The van der Waals surface area contributed by atoms with Crippen LogP contribution in [0.1, 0.15) is 65.7 Å². The maximum absolute atomic E-state index is 12.0. The quantitative estimate of drug-likeness (QED) is 0.657. The third-order valence-electron chi connectivity index (χ3n) is 4.43. The van der Waals surface area contributed by atoms with E-state index < -0.39 is 30.0 Å². The number of nitrogens with one attached hydrogen (secondary N) is 1. The lowest BCUT2D eigenvalue weighted by molar-refractivity contribution is 0.00578. The van der Waals surface area contributed by atoms with Gasteiger partial charge in [0.1, 0.15) is 11.4 Å². The molecule has 0 radical (unpaired) electrons. The molecule has 1 saturated heterocycles. The highest BCUT2D eigenvalue weighted by molar-refractivity contribution is 6.62. The molecule has 0 atom stereocenters. The molecule has 0 aliphatic carbocycles. The van der Waals surface area contributed by atoms with E-state index in [0.717, 1.165) is 0 Å². The Kier molecular flexibility index (Phi) is 5.23. The van der Waals surface area contributed by atoms with Gasteiger partial charge in [0.05, 0.1) is 16.8 Å². The smallest absolute Gasteiger partial charge is 0.444 e. The fourth-order valence-corrected chi connectivity index (χ4v) is 2.36. The molecular formula is C18H27BN2O5. The maximum Gasteiger partial charge on any atom is 0.496 e. The average Bonchev–Trinajstić information content (AvgIpc) is 2.65. The van der Waals surface area contributed by atoms with Crippen LogP contribution in [0, 0.1) is 0 Å². The first-order valence-electron chi connectivity index (χ1n) is 8.58. The summed E-state index contributed by atoms with van der Waals surface area (Å²) in [6.45, 7) is 14.5. The molecule has 1 aromatic heterocycles. The number of rotatable bonds is 3. The number of pyridine rings is 1. The van der Waals surface area contributed by atoms with Crippen molar-refractivity contribution in [3.8, 4) is 0 Å². The molecule has 142 valence electrons. The second kappa shape index (κ2) is 6.66. The van der Waals surface area contributed by atoms with Crippen LogP contribution in [0.25, 0.3) is 0 Å². The Morgan fingerprint density at radius 3 is 2.15 bits per heavy atom. The molecule has 26 heavy (non-hydrogen) atoms. The van der Waals surface area contributed by atoms with Gasteiger partial charge in [-0.3, -0.25) is 10.1 Å². The second-order valence-electron chi connectivity index (χ2n) is 8.44. The number of nitrogens with zero attached hydrogens (tertiary/aromatic N) is 1.